The molecular formula is C18H21ClN4O2. The van der Waals surface area contributed by atoms with E-state index in [1.54, 1.807) is 12.3 Å². The lowest BCUT2D eigenvalue weighted by molar-refractivity contribution is 0.0853. The number of ether oxygens (including phenoxy) is 1. The van der Waals surface area contributed by atoms with Gasteiger partial charge in [0.15, 0.2) is 0 Å². The van der Waals surface area contributed by atoms with Crippen LogP contribution in [0.15, 0.2) is 36.5 Å². The van der Waals surface area contributed by atoms with Gasteiger partial charge in [-0.05, 0) is 43.0 Å². The van der Waals surface area contributed by atoms with Gasteiger partial charge in [-0.25, -0.2) is 9.97 Å². The van der Waals surface area contributed by atoms with Crippen molar-refractivity contribution in [3.05, 3.63) is 52.8 Å². The van der Waals surface area contributed by atoms with Crippen molar-refractivity contribution >= 4 is 23.5 Å². The van der Waals surface area contributed by atoms with Crippen molar-refractivity contribution in [2.45, 2.75) is 25.4 Å². The number of nitrogens with one attached hydrogen (secondary N) is 2. The minimum absolute atomic E-state index is 0.114. The second-order valence-electron chi connectivity index (χ2n) is 5.91. The van der Waals surface area contributed by atoms with Crippen LogP contribution in [0, 0.1) is 0 Å². The first-order valence-electron chi connectivity index (χ1n) is 8.42. The van der Waals surface area contributed by atoms with Crippen molar-refractivity contribution in [3.8, 4) is 0 Å². The molecule has 2 aromatic rings. The molecule has 25 heavy (non-hydrogen) atoms. The SMILES string of the molecule is O=C(NCC1CCCO1)c1ccnc(NCCc2ccc(Cl)cc2)n1. The third kappa shape index (κ3) is 5.41. The standard InChI is InChI=1S/C18H21ClN4O2/c19-14-5-3-13(4-6-14)7-9-20-18-21-10-8-16(23-18)17(24)22-12-15-2-1-11-25-15/h3-6,8,10,15H,1-2,7,9,11-12H2,(H,22,24)(H,20,21,23). The fraction of sp³-hybridized carbons (Fsp3) is 0.389. The average molecular weight is 361 g/mol. The summed E-state index contributed by atoms with van der Waals surface area (Å²) < 4.78 is 5.50. The van der Waals surface area contributed by atoms with Crippen LogP contribution in [0.4, 0.5) is 5.95 Å². The van der Waals surface area contributed by atoms with Crippen molar-refractivity contribution in [3.63, 3.8) is 0 Å². The number of aromatic nitrogens is 2. The number of hydrogen-bond acceptors (Lipinski definition) is 5. The summed E-state index contributed by atoms with van der Waals surface area (Å²) in [4.78, 5) is 20.6. The van der Waals surface area contributed by atoms with Crippen LogP contribution in [0.5, 0.6) is 0 Å². The van der Waals surface area contributed by atoms with Crippen molar-refractivity contribution in [1.29, 1.82) is 0 Å². The fourth-order valence-corrected chi connectivity index (χ4v) is 2.77. The average Bonchev–Trinajstić information content (AvgIpc) is 3.15. The zero-order chi connectivity index (χ0) is 17.5. The van der Waals surface area contributed by atoms with E-state index in [1.807, 2.05) is 24.3 Å². The second-order valence-corrected chi connectivity index (χ2v) is 6.35. The molecule has 0 bridgehead atoms. The van der Waals surface area contributed by atoms with Crippen molar-refractivity contribution in [2.75, 3.05) is 25.0 Å². The van der Waals surface area contributed by atoms with Crippen LogP contribution >= 0.6 is 11.6 Å². The van der Waals surface area contributed by atoms with E-state index in [2.05, 4.69) is 20.6 Å². The molecule has 0 aliphatic carbocycles. The predicted molar refractivity (Wildman–Crippen MR) is 97.0 cm³/mol. The van der Waals surface area contributed by atoms with Crippen molar-refractivity contribution in [1.82, 2.24) is 15.3 Å². The Labute approximate surface area is 152 Å². The summed E-state index contributed by atoms with van der Waals surface area (Å²) in [6.07, 6.45) is 4.55. The van der Waals surface area contributed by atoms with Gasteiger partial charge in [-0.1, -0.05) is 23.7 Å². The molecule has 3 rings (SSSR count). The smallest absolute Gasteiger partial charge is 0.270 e. The molecule has 2 heterocycles. The molecule has 0 spiro atoms. The Balaban J connectivity index is 1.48. The fourth-order valence-electron chi connectivity index (χ4n) is 2.64. The summed E-state index contributed by atoms with van der Waals surface area (Å²) >= 11 is 5.87. The van der Waals surface area contributed by atoms with E-state index in [1.165, 1.54) is 5.56 Å². The molecule has 1 aliphatic rings. The number of amides is 1. The van der Waals surface area contributed by atoms with E-state index in [0.29, 0.717) is 24.7 Å². The maximum atomic E-state index is 12.2. The number of halogens is 1. The summed E-state index contributed by atoms with van der Waals surface area (Å²) in [5.74, 6) is 0.234. The molecule has 1 atom stereocenters. The first kappa shape index (κ1) is 17.6. The largest absolute Gasteiger partial charge is 0.376 e. The molecule has 1 amide bonds. The van der Waals surface area contributed by atoms with Gasteiger partial charge in [0.2, 0.25) is 5.95 Å². The minimum atomic E-state index is -0.210. The molecule has 0 radical (unpaired) electrons. The lowest BCUT2D eigenvalue weighted by Crippen LogP contribution is -2.32. The van der Waals surface area contributed by atoms with Gasteiger partial charge >= 0.3 is 0 Å². The highest BCUT2D eigenvalue weighted by Gasteiger charge is 2.17. The van der Waals surface area contributed by atoms with Gasteiger partial charge < -0.3 is 15.4 Å². The van der Waals surface area contributed by atoms with E-state index in [0.717, 1.165) is 30.9 Å². The van der Waals surface area contributed by atoms with Gasteiger partial charge in [0.1, 0.15) is 5.69 Å². The summed E-state index contributed by atoms with van der Waals surface area (Å²) in [5.41, 5.74) is 1.52. The van der Waals surface area contributed by atoms with E-state index < -0.39 is 0 Å². The van der Waals surface area contributed by atoms with E-state index >= 15 is 0 Å². The van der Waals surface area contributed by atoms with Crippen LogP contribution in [0.25, 0.3) is 0 Å². The van der Waals surface area contributed by atoms with Crippen LogP contribution in [0.1, 0.15) is 28.9 Å². The van der Waals surface area contributed by atoms with E-state index in [-0.39, 0.29) is 12.0 Å². The lowest BCUT2D eigenvalue weighted by Gasteiger charge is -2.11. The summed E-state index contributed by atoms with van der Waals surface area (Å²) in [6, 6.07) is 9.31. The highest BCUT2D eigenvalue weighted by molar-refractivity contribution is 6.30. The third-order valence-electron chi connectivity index (χ3n) is 4.01. The zero-order valence-electron chi connectivity index (χ0n) is 13.9. The van der Waals surface area contributed by atoms with Crippen LogP contribution in [0.3, 0.4) is 0 Å². The normalized spacial score (nSPS) is 16.6. The number of carbonyl (C=O) groups is 1. The maximum absolute atomic E-state index is 12.2. The second kappa shape index (κ2) is 8.78. The lowest BCUT2D eigenvalue weighted by atomic mass is 10.1. The number of benzene rings is 1. The molecule has 132 valence electrons. The van der Waals surface area contributed by atoms with E-state index in [9.17, 15) is 4.79 Å². The quantitative estimate of drug-likeness (QED) is 0.794. The highest BCUT2D eigenvalue weighted by Crippen LogP contribution is 2.11. The summed E-state index contributed by atoms with van der Waals surface area (Å²) in [7, 11) is 0. The number of anilines is 1. The molecule has 1 aromatic heterocycles. The van der Waals surface area contributed by atoms with Gasteiger partial charge in [-0.15, -0.1) is 0 Å². The topological polar surface area (TPSA) is 76.1 Å². The van der Waals surface area contributed by atoms with Crippen LogP contribution in [0.2, 0.25) is 5.02 Å². The first-order valence-corrected chi connectivity index (χ1v) is 8.79. The maximum Gasteiger partial charge on any atom is 0.270 e. The van der Waals surface area contributed by atoms with Crippen LogP contribution < -0.4 is 10.6 Å². The molecule has 1 aliphatic heterocycles. The highest BCUT2D eigenvalue weighted by atomic mass is 35.5. The minimum Gasteiger partial charge on any atom is -0.376 e. The summed E-state index contributed by atoms with van der Waals surface area (Å²) in [5, 5.41) is 6.73. The molecule has 0 saturated carbocycles. The van der Waals surface area contributed by atoms with E-state index in [4.69, 9.17) is 16.3 Å². The number of nitrogens with zero attached hydrogens (tertiary/aromatic N) is 2. The van der Waals surface area contributed by atoms with Gasteiger partial charge in [-0.2, -0.15) is 0 Å². The van der Waals surface area contributed by atoms with Crippen molar-refractivity contribution < 1.29 is 9.53 Å². The van der Waals surface area contributed by atoms with Gasteiger partial charge in [0.25, 0.3) is 5.91 Å². The first-order chi connectivity index (χ1) is 12.2. The molecule has 2 N–H and O–H groups in total. The monoisotopic (exact) mass is 360 g/mol. The Morgan fingerprint density at radius 3 is 2.88 bits per heavy atom. The Hall–Kier alpha value is -2.18. The molecule has 1 saturated heterocycles. The predicted octanol–water partition coefficient (Wildman–Crippen LogP) is 2.69. The number of carbonyl (C=O) groups excluding carboxylic acids is 1. The summed E-state index contributed by atoms with van der Waals surface area (Å²) in [6.45, 7) is 1.96. The number of rotatable bonds is 7. The number of hydrogen-bond donors (Lipinski definition) is 2. The molecule has 1 fully saturated rings. The third-order valence-corrected chi connectivity index (χ3v) is 4.26. The van der Waals surface area contributed by atoms with Crippen LogP contribution in [-0.2, 0) is 11.2 Å². The van der Waals surface area contributed by atoms with Crippen molar-refractivity contribution in [2.24, 2.45) is 0 Å². The molecular weight excluding hydrogens is 340 g/mol. The Morgan fingerprint density at radius 2 is 2.12 bits per heavy atom. The molecule has 1 unspecified atom stereocenters. The Kier molecular flexibility index (Phi) is 6.19. The van der Waals surface area contributed by atoms with Gasteiger partial charge in [-0.3, -0.25) is 4.79 Å². The zero-order valence-corrected chi connectivity index (χ0v) is 14.6. The Morgan fingerprint density at radius 1 is 1.28 bits per heavy atom. The molecule has 6 nitrogen and oxygen atoms in total. The van der Waals surface area contributed by atoms with Gasteiger partial charge in [0, 0.05) is 30.9 Å². The molecule has 1 aromatic carbocycles. The molecule has 7 heteroatoms. The Bertz CT molecular complexity index is 702. The van der Waals surface area contributed by atoms with Crippen LogP contribution in [-0.4, -0.2) is 41.7 Å². The van der Waals surface area contributed by atoms with Gasteiger partial charge in [0.05, 0.1) is 6.10 Å².